The summed E-state index contributed by atoms with van der Waals surface area (Å²) in [5.41, 5.74) is 0.589. The molecule has 0 atom stereocenters. The largest absolute Gasteiger partial charge is 0.416 e. The summed E-state index contributed by atoms with van der Waals surface area (Å²) in [6.45, 7) is 0.316. The first-order valence-electron chi connectivity index (χ1n) is 8.80. The predicted octanol–water partition coefficient (Wildman–Crippen LogP) is 3.39. The zero-order valence-corrected chi connectivity index (χ0v) is 14.7. The molecule has 0 bridgehead atoms. The van der Waals surface area contributed by atoms with Crippen LogP contribution in [-0.4, -0.2) is 22.2 Å². The number of benzene rings is 2. The monoisotopic (exact) mass is 387 g/mol. The molecular formula is C20H16F3N3O2. The fourth-order valence-corrected chi connectivity index (χ4v) is 3.53. The molecule has 0 aliphatic carbocycles. The summed E-state index contributed by atoms with van der Waals surface area (Å²) in [5, 5.41) is 4.51. The van der Waals surface area contributed by atoms with E-state index in [1.165, 1.54) is 15.6 Å². The van der Waals surface area contributed by atoms with Crippen molar-refractivity contribution in [2.45, 2.75) is 25.6 Å². The van der Waals surface area contributed by atoms with Crippen molar-refractivity contribution in [2.75, 3.05) is 11.4 Å². The minimum Gasteiger partial charge on any atom is -0.311 e. The highest BCUT2D eigenvalue weighted by atomic mass is 19.4. The standard InChI is InChI=1S/C20H16F3N3O2/c21-20(22,23)14-7-8-16-13(10-14)4-3-9-25(16)19(28)12-26-17-6-2-1-5-15(17)18(27)11-24-26/h1-2,5-8,10-11H,3-4,9,12H2. The van der Waals surface area contributed by atoms with Gasteiger partial charge in [0.2, 0.25) is 11.3 Å². The number of anilines is 1. The van der Waals surface area contributed by atoms with Crippen LogP contribution in [0.5, 0.6) is 0 Å². The molecule has 0 saturated carbocycles. The highest BCUT2D eigenvalue weighted by Gasteiger charge is 2.32. The minimum atomic E-state index is -4.42. The molecule has 4 rings (SSSR count). The van der Waals surface area contributed by atoms with Crippen molar-refractivity contribution in [3.63, 3.8) is 0 Å². The molecule has 28 heavy (non-hydrogen) atoms. The number of para-hydroxylation sites is 1. The number of halogens is 3. The van der Waals surface area contributed by atoms with Gasteiger partial charge in [0, 0.05) is 17.6 Å². The molecule has 5 nitrogen and oxygen atoms in total. The summed E-state index contributed by atoms with van der Waals surface area (Å²) in [5.74, 6) is -0.290. The Morgan fingerprint density at radius 1 is 1.14 bits per heavy atom. The number of aromatic nitrogens is 2. The molecule has 0 unspecified atom stereocenters. The molecular weight excluding hydrogens is 371 g/mol. The third-order valence-electron chi connectivity index (χ3n) is 4.87. The molecule has 0 N–H and O–H groups in total. The second kappa shape index (κ2) is 6.78. The van der Waals surface area contributed by atoms with E-state index >= 15 is 0 Å². The van der Waals surface area contributed by atoms with Crippen LogP contribution in [0.1, 0.15) is 17.5 Å². The van der Waals surface area contributed by atoms with Gasteiger partial charge < -0.3 is 4.90 Å². The Kier molecular flexibility index (Phi) is 4.41. The van der Waals surface area contributed by atoms with Gasteiger partial charge in [-0.3, -0.25) is 14.3 Å². The lowest BCUT2D eigenvalue weighted by Gasteiger charge is -2.30. The SMILES string of the molecule is O=C(Cn1ncc(=O)c2ccccc21)N1CCCc2cc(C(F)(F)F)ccc21. The van der Waals surface area contributed by atoms with E-state index in [1.54, 1.807) is 24.3 Å². The molecule has 0 saturated heterocycles. The third-order valence-corrected chi connectivity index (χ3v) is 4.87. The number of carbonyl (C=O) groups excluding carboxylic acids is 1. The van der Waals surface area contributed by atoms with Crippen LogP contribution in [0.3, 0.4) is 0 Å². The fourth-order valence-electron chi connectivity index (χ4n) is 3.53. The predicted molar refractivity (Wildman–Crippen MR) is 98.1 cm³/mol. The van der Waals surface area contributed by atoms with Crippen LogP contribution in [0.25, 0.3) is 10.9 Å². The van der Waals surface area contributed by atoms with Crippen molar-refractivity contribution >= 4 is 22.5 Å². The third kappa shape index (κ3) is 3.26. The second-order valence-electron chi connectivity index (χ2n) is 6.67. The molecule has 3 aromatic rings. The summed E-state index contributed by atoms with van der Waals surface area (Å²) < 4.78 is 40.3. The van der Waals surface area contributed by atoms with Gasteiger partial charge in [-0.05, 0) is 48.7 Å². The molecule has 2 aromatic carbocycles. The highest BCUT2D eigenvalue weighted by Crippen LogP contribution is 2.35. The van der Waals surface area contributed by atoms with Crippen molar-refractivity contribution in [3.05, 3.63) is 70.0 Å². The fraction of sp³-hybridized carbons (Fsp3) is 0.250. The molecule has 0 radical (unpaired) electrons. The van der Waals surface area contributed by atoms with Crippen molar-refractivity contribution in [2.24, 2.45) is 0 Å². The van der Waals surface area contributed by atoms with Crippen molar-refractivity contribution in [3.8, 4) is 0 Å². The number of hydrogen-bond acceptors (Lipinski definition) is 3. The normalized spacial score (nSPS) is 14.2. The van der Waals surface area contributed by atoms with Crippen LogP contribution in [-0.2, 0) is 23.9 Å². The number of carbonyl (C=O) groups is 1. The molecule has 1 amide bonds. The van der Waals surface area contributed by atoms with Gasteiger partial charge in [-0.2, -0.15) is 18.3 Å². The molecule has 144 valence electrons. The highest BCUT2D eigenvalue weighted by molar-refractivity contribution is 5.95. The number of fused-ring (bicyclic) bond motifs is 2. The van der Waals surface area contributed by atoms with Gasteiger partial charge in [0.15, 0.2) is 0 Å². The zero-order valence-electron chi connectivity index (χ0n) is 14.7. The van der Waals surface area contributed by atoms with Crippen LogP contribution in [0, 0.1) is 0 Å². The molecule has 1 aromatic heterocycles. The van der Waals surface area contributed by atoms with E-state index in [9.17, 15) is 22.8 Å². The zero-order chi connectivity index (χ0) is 19.9. The molecule has 0 spiro atoms. The Balaban J connectivity index is 1.66. The lowest BCUT2D eigenvalue weighted by atomic mass is 9.99. The number of aryl methyl sites for hydroxylation is 1. The first-order valence-corrected chi connectivity index (χ1v) is 8.80. The topological polar surface area (TPSA) is 55.2 Å². The molecule has 8 heteroatoms. The van der Waals surface area contributed by atoms with Gasteiger partial charge in [-0.15, -0.1) is 0 Å². The van der Waals surface area contributed by atoms with Gasteiger partial charge in [0.25, 0.3) is 0 Å². The molecule has 1 aliphatic heterocycles. The first-order chi connectivity index (χ1) is 13.3. The Morgan fingerprint density at radius 2 is 1.93 bits per heavy atom. The van der Waals surface area contributed by atoms with Gasteiger partial charge >= 0.3 is 6.18 Å². The maximum atomic E-state index is 13.0. The van der Waals surface area contributed by atoms with Crippen LogP contribution < -0.4 is 10.3 Å². The number of hydrogen-bond donors (Lipinski definition) is 0. The lowest BCUT2D eigenvalue weighted by molar-refractivity contribution is -0.137. The van der Waals surface area contributed by atoms with Crippen LogP contribution in [0.2, 0.25) is 0 Å². The van der Waals surface area contributed by atoms with E-state index in [0.29, 0.717) is 41.5 Å². The minimum absolute atomic E-state index is 0.110. The van der Waals surface area contributed by atoms with Crippen molar-refractivity contribution < 1.29 is 18.0 Å². The number of rotatable bonds is 2. The van der Waals surface area contributed by atoms with Gasteiger partial charge in [0.05, 0.1) is 17.3 Å². The summed E-state index contributed by atoms with van der Waals surface area (Å²) >= 11 is 0. The van der Waals surface area contributed by atoms with Crippen molar-refractivity contribution in [1.29, 1.82) is 0 Å². The molecule has 1 aliphatic rings. The van der Waals surface area contributed by atoms with Crippen molar-refractivity contribution in [1.82, 2.24) is 9.78 Å². The molecule has 2 heterocycles. The maximum absolute atomic E-state index is 13.0. The van der Waals surface area contributed by atoms with Gasteiger partial charge in [-0.1, -0.05) is 12.1 Å². The maximum Gasteiger partial charge on any atom is 0.416 e. The van der Waals surface area contributed by atoms with E-state index in [4.69, 9.17) is 0 Å². The van der Waals surface area contributed by atoms with E-state index < -0.39 is 11.7 Å². The quantitative estimate of drug-likeness (QED) is 0.677. The lowest BCUT2D eigenvalue weighted by Crippen LogP contribution is -2.38. The van der Waals surface area contributed by atoms with Crippen LogP contribution in [0.15, 0.2) is 53.5 Å². The second-order valence-corrected chi connectivity index (χ2v) is 6.67. The average Bonchev–Trinajstić information content (AvgIpc) is 2.68. The number of amides is 1. The smallest absolute Gasteiger partial charge is 0.311 e. The Morgan fingerprint density at radius 3 is 2.71 bits per heavy atom. The molecule has 0 fully saturated rings. The number of alkyl halides is 3. The Labute approximate surface area is 158 Å². The summed E-state index contributed by atoms with van der Waals surface area (Å²) in [7, 11) is 0. The Hall–Kier alpha value is -3.16. The van der Waals surface area contributed by atoms with E-state index in [-0.39, 0.29) is 17.9 Å². The van der Waals surface area contributed by atoms with E-state index in [2.05, 4.69) is 5.10 Å². The average molecular weight is 387 g/mol. The summed E-state index contributed by atoms with van der Waals surface area (Å²) in [6, 6.07) is 10.3. The summed E-state index contributed by atoms with van der Waals surface area (Å²) in [4.78, 5) is 26.3. The van der Waals surface area contributed by atoms with Crippen LogP contribution >= 0.6 is 0 Å². The Bertz CT molecular complexity index is 1120. The first kappa shape index (κ1) is 18.2. The van der Waals surface area contributed by atoms with Gasteiger partial charge in [-0.25, -0.2) is 0 Å². The van der Waals surface area contributed by atoms with E-state index in [1.807, 2.05) is 0 Å². The van der Waals surface area contributed by atoms with E-state index in [0.717, 1.165) is 18.3 Å². The van der Waals surface area contributed by atoms with Crippen LogP contribution in [0.4, 0.5) is 18.9 Å². The summed E-state index contributed by atoms with van der Waals surface area (Å²) in [6.07, 6.45) is -2.18. The van der Waals surface area contributed by atoms with Gasteiger partial charge in [0.1, 0.15) is 6.54 Å². The number of nitrogens with zero attached hydrogens (tertiary/aromatic N) is 3.